The first kappa shape index (κ1) is 13.1. The Bertz CT molecular complexity index is 605. The Kier molecular flexibility index (Phi) is 4.13. The van der Waals surface area contributed by atoms with Gasteiger partial charge in [-0.1, -0.05) is 43.3 Å². The van der Waals surface area contributed by atoms with Gasteiger partial charge >= 0.3 is 0 Å². The van der Waals surface area contributed by atoms with Crippen molar-refractivity contribution in [2.45, 2.75) is 19.4 Å². The molecule has 2 N–H and O–H groups in total. The van der Waals surface area contributed by atoms with E-state index in [1.165, 1.54) is 6.07 Å². The Morgan fingerprint density at radius 2 is 1.89 bits per heavy atom. The number of carbonyl (C=O) groups excluding carboxylic acids is 1. The first-order valence-electron chi connectivity index (χ1n) is 6.26. The zero-order chi connectivity index (χ0) is 13.7. The van der Waals surface area contributed by atoms with E-state index in [0.717, 1.165) is 12.0 Å². The van der Waals surface area contributed by atoms with Crippen LogP contribution >= 0.6 is 0 Å². The van der Waals surface area contributed by atoms with Crippen LogP contribution in [0.15, 0.2) is 53.3 Å². The average molecular weight is 256 g/mol. The van der Waals surface area contributed by atoms with E-state index in [9.17, 15) is 9.59 Å². The van der Waals surface area contributed by atoms with E-state index in [0.29, 0.717) is 0 Å². The molecule has 1 aromatic heterocycles. The number of pyridine rings is 1. The number of H-pyrrole nitrogens is 1. The molecule has 4 heteroatoms. The number of aromatic amines is 1. The molecule has 1 unspecified atom stereocenters. The first-order valence-corrected chi connectivity index (χ1v) is 6.26. The van der Waals surface area contributed by atoms with Crippen molar-refractivity contribution < 1.29 is 4.79 Å². The van der Waals surface area contributed by atoms with Crippen LogP contribution in [-0.4, -0.2) is 10.9 Å². The van der Waals surface area contributed by atoms with Gasteiger partial charge in [0.25, 0.3) is 5.91 Å². The first-order chi connectivity index (χ1) is 9.20. The van der Waals surface area contributed by atoms with Gasteiger partial charge in [0.1, 0.15) is 5.69 Å². The summed E-state index contributed by atoms with van der Waals surface area (Å²) in [4.78, 5) is 25.8. The Hall–Kier alpha value is -2.36. The van der Waals surface area contributed by atoms with Gasteiger partial charge in [-0.3, -0.25) is 9.59 Å². The van der Waals surface area contributed by atoms with Gasteiger partial charge in [-0.05, 0) is 18.1 Å². The molecular weight excluding hydrogens is 240 g/mol. The highest BCUT2D eigenvalue weighted by Crippen LogP contribution is 2.16. The minimum absolute atomic E-state index is 0.0580. The van der Waals surface area contributed by atoms with Crippen LogP contribution in [0.25, 0.3) is 0 Å². The minimum Gasteiger partial charge on any atom is -0.344 e. The quantitative estimate of drug-likeness (QED) is 0.881. The van der Waals surface area contributed by atoms with Gasteiger partial charge in [0.15, 0.2) is 0 Å². The Balaban J connectivity index is 2.15. The van der Waals surface area contributed by atoms with Gasteiger partial charge in [0.2, 0.25) is 5.56 Å². The smallest absolute Gasteiger partial charge is 0.268 e. The van der Waals surface area contributed by atoms with Gasteiger partial charge in [0.05, 0.1) is 6.04 Å². The van der Waals surface area contributed by atoms with Gasteiger partial charge < -0.3 is 10.3 Å². The summed E-state index contributed by atoms with van der Waals surface area (Å²) in [5, 5.41) is 2.92. The molecule has 1 atom stereocenters. The summed E-state index contributed by atoms with van der Waals surface area (Å²) in [5.74, 6) is -0.270. The lowest BCUT2D eigenvalue weighted by molar-refractivity contribution is 0.0930. The molecule has 0 bridgehead atoms. The Morgan fingerprint density at radius 1 is 1.16 bits per heavy atom. The van der Waals surface area contributed by atoms with Crippen molar-refractivity contribution >= 4 is 5.91 Å². The highest BCUT2D eigenvalue weighted by atomic mass is 16.2. The average Bonchev–Trinajstić information content (AvgIpc) is 2.45. The number of carbonyl (C=O) groups is 1. The maximum atomic E-state index is 12.1. The van der Waals surface area contributed by atoms with E-state index in [1.807, 2.05) is 37.3 Å². The molecule has 2 aromatic rings. The fraction of sp³-hybridized carbons (Fsp3) is 0.200. The van der Waals surface area contributed by atoms with Crippen molar-refractivity contribution in [3.8, 4) is 0 Å². The largest absolute Gasteiger partial charge is 0.344 e. The summed E-state index contributed by atoms with van der Waals surface area (Å²) in [6, 6.07) is 14.2. The second-order valence-corrected chi connectivity index (χ2v) is 4.27. The third-order valence-electron chi connectivity index (χ3n) is 2.93. The SMILES string of the molecule is CCC(NC(=O)c1cccc(=O)[nH]1)c1ccccc1. The van der Waals surface area contributed by atoms with Crippen molar-refractivity contribution in [1.82, 2.24) is 10.3 Å². The van der Waals surface area contributed by atoms with Gasteiger partial charge in [-0.2, -0.15) is 0 Å². The summed E-state index contributed by atoms with van der Waals surface area (Å²) < 4.78 is 0. The fourth-order valence-corrected chi connectivity index (χ4v) is 1.92. The predicted octanol–water partition coefficient (Wildman–Crippen LogP) is 2.26. The second kappa shape index (κ2) is 6.00. The molecule has 1 heterocycles. The molecule has 1 amide bonds. The summed E-state index contributed by atoms with van der Waals surface area (Å²) in [5.41, 5.74) is 1.05. The van der Waals surface area contributed by atoms with Crippen LogP contribution in [0.2, 0.25) is 0 Å². The van der Waals surface area contributed by atoms with E-state index in [-0.39, 0.29) is 23.2 Å². The number of hydrogen-bond donors (Lipinski definition) is 2. The van der Waals surface area contributed by atoms with Gasteiger partial charge in [-0.15, -0.1) is 0 Å². The summed E-state index contributed by atoms with van der Waals surface area (Å²) in [6.45, 7) is 2.01. The molecule has 0 spiro atoms. The number of rotatable bonds is 4. The molecule has 0 aliphatic carbocycles. The molecule has 0 aliphatic heterocycles. The lowest BCUT2D eigenvalue weighted by atomic mass is 10.0. The van der Waals surface area contributed by atoms with Crippen LogP contribution < -0.4 is 10.9 Å². The topological polar surface area (TPSA) is 62.0 Å². The minimum atomic E-state index is -0.277. The van der Waals surface area contributed by atoms with Crippen LogP contribution in [0.4, 0.5) is 0 Å². The van der Waals surface area contributed by atoms with Gasteiger partial charge in [0, 0.05) is 6.07 Å². The van der Waals surface area contributed by atoms with Crippen molar-refractivity contribution in [3.05, 3.63) is 70.1 Å². The summed E-state index contributed by atoms with van der Waals surface area (Å²) in [6.07, 6.45) is 0.785. The molecule has 98 valence electrons. The molecular formula is C15H16N2O2. The van der Waals surface area contributed by atoms with Gasteiger partial charge in [-0.25, -0.2) is 0 Å². The van der Waals surface area contributed by atoms with Crippen LogP contribution in [0.3, 0.4) is 0 Å². The fourth-order valence-electron chi connectivity index (χ4n) is 1.92. The number of hydrogen-bond acceptors (Lipinski definition) is 2. The van der Waals surface area contributed by atoms with E-state index in [4.69, 9.17) is 0 Å². The molecule has 2 rings (SSSR count). The number of nitrogens with one attached hydrogen (secondary N) is 2. The lowest BCUT2D eigenvalue weighted by Gasteiger charge is -2.17. The second-order valence-electron chi connectivity index (χ2n) is 4.27. The maximum absolute atomic E-state index is 12.1. The normalized spacial score (nSPS) is 11.8. The standard InChI is InChI=1S/C15H16N2O2/c1-2-12(11-7-4-3-5-8-11)17-15(19)13-9-6-10-14(18)16-13/h3-10,12H,2H2,1H3,(H,16,18)(H,17,19). The highest BCUT2D eigenvalue weighted by molar-refractivity contribution is 5.92. The van der Waals surface area contributed by atoms with Crippen LogP contribution in [0, 0.1) is 0 Å². The van der Waals surface area contributed by atoms with E-state index < -0.39 is 0 Å². The number of amides is 1. The Morgan fingerprint density at radius 3 is 2.53 bits per heavy atom. The van der Waals surface area contributed by atoms with Crippen molar-refractivity contribution in [1.29, 1.82) is 0 Å². The zero-order valence-corrected chi connectivity index (χ0v) is 10.7. The number of aromatic nitrogens is 1. The van der Waals surface area contributed by atoms with E-state index >= 15 is 0 Å². The molecule has 1 aromatic carbocycles. The van der Waals surface area contributed by atoms with Crippen LogP contribution in [-0.2, 0) is 0 Å². The molecule has 0 saturated heterocycles. The maximum Gasteiger partial charge on any atom is 0.268 e. The molecule has 4 nitrogen and oxygen atoms in total. The predicted molar refractivity (Wildman–Crippen MR) is 74.0 cm³/mol. The number of benzene rings is 1. The van der Waals surface area contributed by atoms with E-state index in [1.54, 1.807) is 12.1 Å². The van der Waals surface area contributed by atoms with E-state index in [2.05, 4.69) is 10.3 Å². The lowest BCUT2D eigenvalue weighted by Crippen LogP contribution is -2.30. The molecule has 0 fully saturated rings. The van der Waals surface area contributed by atoms with Crippen molar-refractivity contribution in [2.75, 3.05) is 0 Å². The summed E-state index contributed by atoms with van der Waals surface area (Å²) >= 11 is 0. The van der Waals surface area contributed by atoms with Crippen LogP contribution in [0.1, 0.15) is 35.4 Å². The molecule has 0 aliphatic rings. The van der Waals surface area contributed by atoms with Crippen molar-refractivity contribution in [2.24, 2.45) is 0 Å². The third kappa shape index (κ3) is 3.31. The molecule has 0 saturated carbocycles. The zero-order valence-electron chi connectivity index (χ0n) is 10.7. The highest BCUT2D eigenvalue weighted by Gasteiger charge is 2.14. The summed E-state index contributed by atoms with van der Waals surface area (Å²) in [7, 11) is 0. The molecule has 0 radical (unpaired) electrons. The monoisotopic (exact) mass is 256 g/mol. The third-order valence-corrected chi connectivity index (χ3v) is 2.93. The van der Waals surface area contributed by atoms with Crippen molar-refractivity contribution in [3.63, 3.8) is 0 Å². The molecule has 19 heavy (non-hydrogen) atoms. The van der Waals surface area contributed by atoms with Crippen LogP contribution in [0.5, 0.6) is 0 Å². The Labute approximate surface area is 111 Å².